The Morgan fingerprint density at radius 2 is 1.55 bits per heavy atom. The fraction of sp³-hybridized carbons (Fsp3) is 0.360. The van der Waals surface area contributed by atoms with E-state index in [0.717, 1.165) is 22.6 Å². The summed E-state index contributed by atoms with van der Waals surface area (Å²) in [5.74, 6) is 1.18. The number of nitrogens with zero attached hydrogens (tertiary/aromatic N) is 1. The predicted octanol–water partition coefficient (Wildman–Crippen LogP) is 5.32. The van der Waals surface area contributed by atoms with Crippen molar-refractivity contribution in [1.29, 1.82) is 0 Å². The maximum atomic E-state index is 12.8. The fourth-order valence-electron chi connectivity index (χ4n) is 3.82. The molecule has 3 unspecified atom stereocenters. The number of benzene rings is 2. The first kappa shape index (κ1) is 22.4. The lowest BCUT2D eigenvalue weighted by Gasteiger charge is -2.27. The van der Waals surface area contributed by atoms with Gasteiger partial charge in [-0.05, 0) is 60.6 Å². The molecule has 0 amide bonds. The van der Waals surface area contributed by atoms with Crippen molar-refractivity contribution in [1.82, 2.24) is 4.98 Å². The van der Waals surface area contributed by atoms with Gasteiger partial charge in [0.25, 0.3) is 0 Å². The van der Waals surface area contributed by atoms with Crippen molar-refractivity contribution in [2.75, 3.05) is 20.8 Å². The summed E-state index contributed by atoms with van der Waals surface area (Å²) in [7, 11) is 3.30. The van der Waals surface area contributed by atoms with E-state index in [4.69, 9.17) is 18.6 Å². The van der Waals surface area contributed by atoms with Gasteiger partial charge in [0.15, 0.2) is 0 Å². The van der Waals surface area contributed by atoms with E-state index in [1.807, 2.05) is 36.4 Å². The van der Waals surface area contributed by atoms with Gasteiger partial charge in [0.2, 0.25) is 5.89 Å². The number of hydrogen-bond acceptors (Lipinski definition) is 6. The van der Waals surface area contributed by atoms with Crippen LogP contribution >= 0.6 is 0 Å². The largest absolute Gasteiger partial charge is 0.497 e. The Kier molecular flexibility index (Phi) is 7.70. The molecule has 0 radical (unpaired) electrons. The van der Waals surface area contributed by atoms with E-state index in [1.165, 1.54) is 6.26 Å². The van der Waals surface area contributed by atoms with Gasteiger partial charge in [-0.2, -0.15) is 0 Å². The minimum Gasteiger partial charge on any atom is -0.497 e. The summed E-state index contributed by atoms with van der Waals surface area (Å²) >= 11 is 0. The number of methoxy groups -OCH3 is 2. The highest BCUT2D eigenvalue weighted by molar-refractivity contribution is 5.77. The summed E-state index contributed by atoms with van der Waals surface area (Å²) in [6, 6.07) is 16.0. The predicted molar refractivity (Wildman–Crippen MR) is 118 cm³/mol. The van der Waals surface area contributed by atoms with Crippen molar-refractivity contribution < 1.29 is 23.4 Å². The van der Waals surface area contributed by atoms with Crippen molar-refractivity contribution in [3.05, 3.63) is 78.0 Å². The normalized spacial score (nSPS) is 13.8. The molecule has 3 aromatic rings. The SMILES string of the molecule is CCOC(=O)C(CC(c1ccc(OC)cc1)C(C)c1ccc(OC)cc1)c1ncco1. The van der Waals surface area contributed by atoms with Crippen LogP contribution in [0.2, 0.25) is 0 Å². The van der Waals surface area contributed by atoms with Crippen molar-refractivity contribution in [2.45, 2.75) is 38.0 Å². The molecular formula is C25H29NO5. The van der Waals surface area contributed by atoms with Crippen molar-refractivity contribution in [3.8, 4) is 11.5 Å². The summed E-state index contributed by atoms with van der Waals surface area (Å²) in [6.45, 7) is 4.26. The third-order valence-electron chi connectivity index (χ3n) is 5.60. The fourth-order valence-corrected chi connectivity index (χ4v) is 3.82. The van der Waals surface area contributed by atoms with Crippen LogP contribution in [0.3, 0.4) is 0 Å². The number of oxazole rings is 1. The van der Waals surface area contributed by atoms with E-state index in [2.05, 4.69) is 24.0 Å². The van der Waals surface area contributed by atoms with Crippen molar-refractivity contribution >= 4 is 5.97 Å². The van der Waals surface area contributed by atoms with Crippen LogP contribution in [0.1, 0.15) is 55.0 Å². The topological polar surface area (TPSA) is 70.8 Å². The molecule has 0 spiro atoms. The summed E-state index contributed by atoms with van der Waals surface area (Å²) in [6.07, 6.45) is 3.53. The van der Waals surface area contributed by atoms with Crippen LogP contribution < -0.4 is 9.47 Å². The molecule has 0 aliphatic carbocycles. The van der Waals surface area contributed by atoms with Crippen molar-refractivity contribution in [3.63, 3.8) is 0 Å². The van der Waals surface area contributed by atoms with Gasteiger partial charge in [-0.1, -0.05) is 31.2 Å². The third kappa shape index (κ3) is 5.45. The summed E-state index contributed by atoms with van der Waals surface area (Å²) in [5, 5.41) is 0. The number of esters is 1. The minimum atomic E-state index is -0.595. The number of aromatic nitrogens is 1. The number of carbonyl (C=O) groups excluding carboxylic acids is 1. The van der Waals surface area contributed by atoms with Gasteiger partial charge in [-0.3, -0.25) is 4.79 Å². The molecule has 0 aliphatic rings. The van der Waals surface area contributed by atoms with Crippen LogP contribution in [0, 0.1) is 0 Å². The van der Waals surface area contributed by atoms with Crippen LogP contribution in [0.15, 0.2) is 65.4 Å². The average Bonchev–Trinajstić information content (AvgIpc) is 3.34. The second-order valence-corrected chi connectivity index (χ2v) is 7.35. The molecule has 0 N–H and O–H groups in total. The van der Waals surface area contributed by atoms with Crippen LogP contribution in [0.4, 0.5) is 0 Å². The molecule has 1 heterocycles. The highest BCUT2D eigenvalue weighted by atomic mass is 16.5. The van der Waals surface area contributed by atoms with E-state index in [9.17, 15) is 4.79 Å². The van der Waals surface area contributed by atoms with Crippen LogP contribution in [-0.2, 0) is 9.53 Å². The first-order chi connectivity index (χ1) is 15.1. The van der Waals surface area contributed by atoms with Gasteiger partial charge >= 0.3 is 5.97 Å². The number of hydrogen-bond donors (Lipinski definition) is 0. The Morgan fingerprint density at radius 1 is 0.968 bits per heavy atom. The molecule has 0 aliphatic heterocycles. The zero-order valence-corrected chi connectivity index (χ0v) is 18.4. The molecule has 3 rings (SSSR count). The summed E-state index contributed by atoms with van der Waals surface area (Å²) in [4.78, 5) is 17.0. The van der Waals surface area contributed by atoms with E-state index in [1.54, 1.807) is 27.3 Å². The standard InChI is InChI=1S/C25H29NO5/c1-5-30-25(27)23(24-26-14-15-31-24)16-22(19-8-12-21(29-4)13-9-19)17(2)18-6-10-20(28-3)11-7-18/h6-15,17,22-23H,5,16H2,1-4H3. The molecular weight excluding hydrogens is 394 g/mol. The third-order valence-corrected chi connectivity index (χ3v) is 5.60. The minimum absolute atomic E-state index is 0.0145. The highest BCUT2D eigenvalue weighted by Gasteiger charge is 2.33. The zero-order valence-electron chi connectivity index (χ0n) is 18.4. The first-order valence-electron chi connectivity index (χ1n) is 10.4. The number of rotatable bonds is 10. The van der Waals surface area contributed by atoms with Crippen LogP contribution in [0.5, 0.6) is 11.5 Å². The van der Waals surface area contributed by atoms with Gasteiger partial charge in [0.1, 0.15) is 23.7 Å². The highest BCUT2D eigenvalue weighted by Crippen LogP contribution is 2.41. The molecule has 6 heteroatoms. The van der Waals surface area contributed by atoms with Gasteiger partial charge in [-0.25, -0.2) is 4.98 Å². The molecule has 1 aromatic heterocycles. The first-order valence-corrected chi connectivity index (χ1v) is 10.4. The Balaban J connectivity index is 1.97. The van der Waals surface area contributed by atoms with Gasteiger partial charge < -0.3 is 18.6 Å². The van der Waals surface area contributed by atoms with Gasteiger partial charge in [0, 0.05) is 0 Å². The Hall–Kier alpha value is -3.28. The molecule has 0 saturated carbocycles. The smallest absolute Gasteiger partial charge is 0.318 e. The quantitative estimate of drug-likeness (QED) is 0.411. The van der Waals surface area contributed by atoms with Crippen LogP contribution in [0.25, 0.3) is 0 Å². The van der Waals surface area contributed by atoms with E-state index in [-0.39, 0.29) is 17.8 Å². The lowest BCUT2D eigenvalue weighted by Crippen LogP contribution is -2.21. The second-order valence-electron chi connectivity index (χ2n) is 7.35. The van der Waals surface area contributed by atoms with Gasteiger partial charge in [-0.15, -0.1) is 0 Å². The molecule has 31 heavy (non-hydrogen) atoms. The van der Waals surface area contributed by atoms with E-state index >= 15 is 0 Å². The van der Waals surface area contributed by atoms with Crippen LogP contribution in [-0.4, -0.2) is 31.8 Å². The van der Waals surface area contributed by atoms with Gasteiger partial charge in [0.05, 0.1) is 27.0 Å². The number of carbonyl (C=O) groups is 1. The van der Waals surface area contributed by atoms with Crippen molar-refractivity contribution in [2.24, 2.45) is 0 Å². The van der Waals surface area contributed by atoms with E-state index < -0.39 is 5.92 Å². The Morgan fingerprint density at radius 3 is 2.03 bits per heavy atom. The van der Waals surface area contributed by atoms with E-state index in [0.29, 0.717) is 18.9 Å². The second kappa shape index (κ2) is 10.7. The molecule has 0 saturated heterocycles. The Labute approximate surface area is 183 Å². The molecule has 0 fully saturated rings. The molecule has 2 aromatic carbocycles. The maximum Gasteiger partial charge on any atom is 0.318 e. The number of ether oxygens (including phenoxy) is 3. The summed E-state index contributed by atoms with van der Waals surface area (Å²) < 4.78 is 21.5. The molecule has 3 atom stereocenters. The lowest BCUT2D eigenvalue weighted by atomic mass is 9.77. The zero-order chi connectivity index (χ0) is 22.2. The Bertz CT molecular complexity index is 935. The molecule has 6 nitrogen and oxygen atoms in total. The monoisotopic (exact) mass is 423 g/mol. The maximum absolute atomic E-state index is 12.8. The molecule has 164 valence electrons. The summed E-state index contributed by atoms with van der Waals surface area (Å²) in [5.41, 5.74) is 2.25. The average molecular weight is 424 g/mol. The molecule has 0 bridgehead atoms. The lowest BCUT2D eigenvalue weighted by molar-refractivity contribution is -0.145.